The van der Waals surface area contributed by atoms with E-state index in [4.69, 9.17) is 14.1 Å². The molecule has 0 radical (unpaired) electrons. The maximum absolute atomic E-state index is 13.4. The number of nitro groups is 1. The van der Waals surface area contributed by atoms with Crippen LogP contribution in [0.1, 0.15) is 22.6 Å². The molecular formula is C27H15N5O5. The van der Waals surface area contributed by atoms with Crippen molar-refractivity contribution in [1.82, 2.24) is 19.6 Å². The molecule has 1 atom stereocenters. The summed E-state index contributed by atoms with van der Waals surface area (Å²) in [5.41, 5.74) is 2.04. The summed E-state index contributed by atoms with van der Waals surface area (Å²) in [6.45, 7) is 0. The Balaban J connectivity index is 1.56. The zero-order valence-corrected chi connectivity index (χ0v) is 18.9. The topological polar surface area (TPSA) is 126 Å². The maximum Gasteiger partial charge on any atom is 0.344 e. The summed E-state index contributed by atoms with van der Waals surface area (Å²) in [5, 5.41) is 16.8. The van der Waals surface area contributed by atoms with E-state index in [-0.39, 0.29) is 17.1 Å². The van der Waals surface area contributed by atoms with Gasteiger partial charge in [0.25, 0.3) is 5.69 Å². The van der Waals surface area contributed by atoms with E-state index >= 15 is 0 Å². The first kappa shape index (κ1) is 20.9. The molecule has 1 unspecified atom stereocenters. The second kappa shape index (κ2) is 7.82. The van der Waals surface area contributed by atoms with Crippen molar-refractivity contribution in [3.05, 3.63) is 122 Å². The molecule has 3 aromatic carbocycles. The molecule has 0 aliphatic carbocycles. The number of aromatic nitrogens is 4. The van der Waals surface area contributed by atoms with E-state index in [2.05, 4.69) is 10.1 Å². The van der Waals surface area contributed by atoms with Crippen molar-refractivity contribution in [1.29, 1.82) is 0 Å². The molecule has 10 nitrogen and oxygen atoms in total. The Bertz CT molecular complexity index is 1930. The molecule has 3 aromatic heterocycles. The van der Waals surface area contributed by atoms with Crippen LogP contribution in [0.15, 0.2) is 94.4 Å². The van der Waals surface area contributed by atoms with Gasteiger partial charge in [-0.15, -0.1) is 5.10 Å². The smallest absolute Gasteiger partial charge is 0.344 e. The van der Waals surface area contributed by atoms with E-state index in [1.165, 1.54) is 23.0 Å². The van der Waals surface area contributed by atoms with Crippen LogP contribution < -0.4 is 10.4 Å². The molecule has 4 heterocycles. The van der Waals surface area contributed by atoms with Crippen LogP contribution in [-0.2, 0) is 0 Å². The fraction of sp³-hybridized carbons (Fsp3) is 0.0370. The number of benzene rings is 3. The normalized spacial score (nSPS) is 14.2. The molecule has 0 spiro atoms. The van der Waals surface area contributed by atoms with Crippen LogP contribution >= 0.6 is 0 Å². The van der Waals surface area contributed by atoms with Gasteiger partial charge in [-0.1, -0.05) is 54.6 Å². The molecule has 1 aliphatic rings. The highest BCUT2D eigenvalue weighted by atomic mass is 16.6. The summed E-state index contributed by atoms with van der Waals surface area (Å²) >= 11 is 0. The first-order valence-corrected chi connectivity index (χ1v) is 11.4. The van der Waals surface area contributed by atoms with Crippen molar-refractivity contribution in [2.24, 2.45) is 0 Å². The van der Waals surface area contributed by atoms with E-state index in [9.17, 15) is 14.9 Å². The van der Waals surface area contributed by atoms with Crippen LogP contribution in [0.25, 0.3) is 28.0 Å². The average Bonchev–Trinajstić information content (AvgIpc) is 3.37. The van der Waals surface area contributed by atoms with Gasteiger partial charge in [-0.25, -0.2) is 19.3 Å². The molecule has 0 fully saturated rings. The van der Waals surface area contributed by atoms with Crippen LogP contribution in [0.3, 0.4) is 0 Å². The number of hydrogen-bond acceptors (Lipinski definition) is 8. The summed E-state index contributed by atoms with van der Waals surface area (Å²) in [5.74, 6) is 0.197. The van der Waals surface area contributed by atoms with Crippen molar-refractivity contribution in [2.45, 2.75) is 5.92 Å². The Kier molecular flexibility index (Phi) is 4.43. The Morgan fingerprint density at radius 3 is 2.59 bits per heavy atom. The predicted molar refractivity (Wildman–Crippen MR) is 133 cm³/mol. The molecule has 7 rings (SSSR count). The number of hydrogen-bond donors (Lipinski definition) is 0. The van der Waals surface area contributed by atoms with Gasteiger partial charge in [-0.3, -0.25) is 10.1 Å². The number of nitro benzene ring substituents is 1. The van der Waals surface area contributed by atoms with E-state index < -0.39 is 16.5 Å². The van der Waals surface area contributed by atoms with Gasteiger partial charge in [-0.05, 0) is 17.7 Å². The number of rotatable bonds is 3. The van der Waals surface area contributed by atoms with Gasteiger partial charge >= 0.3 is 5.63 Å². The van der Waals surface area contributed by atoms with Crippen LogP contribution in [0.5, 0.6) is 11.6 Å². The minimum Gasteiger partial charge on any atom is -0.437 e. The second-order valence-corrected chi connectivity index (χ2v) is 8.55. The quantitative estimate of drug-likeness (QED) is 0.191. The lowest BCUT2D eigenvalue weighted by Crippen LogP contribution is -2.22. The zero-order chi connectivity index (χ0) is 25.1. The van der Waals surface area contributed by atoms with E-state index in [0.717, 1.165) is 5.56 Å². The molecule has 0 saturated heterocycles. The predicted octanol–water partition coefficient (Wildman–Crippen LogP) is 5.09. The summed E-state index contributed by atoms with van der Waals surface area (Å²) in [4.78, 5) is 33.8. The van der Waals surface area contributed by atoms with Gasteiger partial charge in [0.1, 0.15) is 11.9 Å². The Morgan fingerprint density at radius 2 is 1.76 bits per heavy atom. The zero-order valence-electron chi connectivity index (χ0n) is 18.9. The van der Waals surface area contributed by atoms with Gasteiger partial charge in [0, 0.05) is 17.7 Å². The minimum absolute atomic E-state index is 0.108. The fourth-order valence-electron chi connectivity index (χ4n) is 4.79. The van der Waals surface area contributed by atoms with Gasteiger partial charge in [0.05, 0.1) is 27.4 Å². The maximum atomic E-state index is 13.4. The average molecular weight is 489 g/mol. The molecule has 37 heavy (non-hydrogen) atoms. The highest BCUT2D eigenvalue weighted by molar-refractivity contribution is 5.87. The fourth-order valence-corrected chi connectivity index (χ4v) is 4.79. The Labute approximate surface area is 207 Å². The molecule has 0 saturated carbocycles. The molecule has 178 valence electrons. The molecule has 0 bridgehead atoms. The molecule has 6 aromatic rings. The lowest BCUT2D eigenvalue weighted by atomic mass is 9.84. The summed E-state index contributed by atoms with van der Waals surface area (Å²) in [6, 6.07) is 22.6. The highest BCUT2D eigenvalue weighted by Gasteiger charge is 2.38. The largest absolute Gasteiger partial charge is 0.437 e. The molecule has 0 amide bonds. The first-order chi connectivity index (χ1) is 18.1. The SMILES string of the molecule is O=c1oc2ccccc2c2c1C(c1cccc([N+](=O)[O-])c1)c1c(ncn3nc(-c4ccccc4)nc13)O2. The van der Waals surface area contributed by atoms with E-state index in [0.29, 0.717) is 39.3 Å². The van der Waals surface area contributed by atoms with Gasteiger partial charge in [0.15, 0.2) is 17.2 Å². The van der Waals surface area contributed by atoms with E-state index in [1.54, 1.807) is 30.3 Å². The molecule has 1 aliphatic heterocycles. The third kappa shape index (κ3) is 3.19. The lowest BCUT2D eigenvalue weighted by molar-refractivity contribution is -0.384. The molecular weight excluding hydrogens is 474 g/mol. The molecule has 10 heteroatoms. The van der Waals surface area contributed by atoms with Crippen LogP contribution in [0, 0.1) is 10.1 Å². The molecule has 0 N–H and O–H groups in total. The van der Waals surface area contributed by atoms with E-state index in [1.807, 2.05) is 36.4 Å². The summed E-state index contributed by atoms with van der Waals surface area (Å²) in [6.07, 6.45) is 1.50. The summed E-state index contributed by atoms with van der Waals surface area (Å²) in [7, 11) is 0. The second-order valence-electron chi connectivity index (χ2n) is 8.55. The monoisotopic (exact) mass is 489 g/mol. The third-order valence-electron chi connectivity index (χ3n) is 6.41. The number of fused-ring (bicyclic) bond motifs is 6. The van der Waals surface area contributed by atoms with Crippen molar-refractivity contribution < 1.29 is 14.1 Å². The number of non-ortho nitro benzene ring substituents is 1. The van der Waals surface area contributed by atoms with Gasteiger partial charge < -0.3 is 9.15 Å². The van der Waals surface area contributed by atoms with Crippen LogP contribution in [0.4, 0.5) is 5.69 Å². The van der Waals surface area contributed by atoms with Crippen molar-refractivity contribution in [2.75, 3.05) is 0 Å². The standard InChI is InChI=1S/C27H15N5O5/c33-27-21-20(16-9-6-10-17(13-16)32(34)35)22-25-29-24(15-7-2-1-3-8-15)30-31(25)14-28-26(22)37-23(21)18-11-4-5-12-19(18)36-27/h1-14,20H. The Hall–Kier alpha value is -5.38. The van der Waals surface area contributed by atoms with Crippen molar-refractivity contribution in [3.8, 4) is 23.0 Å². The van der Waals surface area contributed by atoms with Crippen molar-refractivity contribution >= 4 is 22.3 Å². The first-order valence-electron chi connectivity index (χ1n) is 11.4. The van der Waals surface area contributed by atoms with Crippen LogP contribution in [-0.4, -0.2) is 24.5 Å². The van der Waals surface area contributed by atoms with Gasteiger partial charge in [-0.2, -0.15) is 0 Å². The van der Waals surface area contributed by atoms with Crippen LogP contribution in [0.2, 0.25) is 0 Å². The van der Waals surface area contributed by atoms with Crippen molar-refractivity contribution in [3.63, 3.8) is 0 Å². The lowest BCUT2D eigenvalue weighted by Gasteiger charge is -2.27. The number of para-hydroxylation sites is 1. The minimum atomic E-state index is -0.802. The van der Waals surface area contributed by atoms with Gasteiger partial charge in [0.2, 0.25) is 5.88 Å². The Morgan fingerprint density at radius 1 is 0.946 bits per heavy atom. The number of nitrogens with zero attached hydrogens (tertiary/aromatic N) is 5. The summed E-state index contributed by atoms with van der Waals surface area (Å²) < 4.78 is 13.4. The number of ether oxygens (including phenoxy) is 1. The third-order valence-corrected chi connectivity index (χ3v) is 6.41. The highest BCUT2D eigenvalue weighted by Crippen LogP contribution is 2.49.